The molecule has 0 spiro atoms. The molecule has 2 N–H and O–H groups in total. The summed E-state index contributed by atoms with van der Waals surface area (Å²) in [5.41, 5.74) is 6.45. The molecule has 0 aliphatic heterocycles. The average Bonchev–Trinajstić information content (AvgIpc) is 2.82. The second-order valence-corrected chi connectivity index (χ2v) is 8.55. The molecule has 0 bridgehead atoms. The molecule has 1 heterocycles. The van der Waals surface area contributed by atoms with Gasteiger partial charge in [-0.05, 0) is 67.5 Å². The highest BCUT2D eigenvalue weighted by Gasteiger charge is 2.17. The van der Waals surface area contributed by atoms with E-state index in [1.54, 1.807) is 4.90 Å². The third-order valence-electron chi connectivity index (χ3n) is 6.09. The molecule has 0 aliphatic rings. The van der Waals surface area contributed by atoms with Crippen LogP contribution in [0.2, 0.25) is 0 Å². The number of benzene rings is 3. The van der Waals surface area contributed by atoms with E-state index >= 15 is 0 Å². The van der Waals surface area contributed by atoms with Crippen molar-refractivity contribution in [3.63, 3.8) is 0 Å². The first-order valence-corrected chi connectivity index (χ1v) is 11.2. The van der Waals surface area contributed by atoms with E-state index in [1.807, 2.05) is 87.5 Å². The molecule has 0 unspecified atom stereocenters. The van der Waals surface area contributed by atoms with Crippen molar-refractivity contribution in [3.8, 4) is 0 Å². The van der Waals surface area contributed by atoms with E-state index in [9.17, 15) is 9.59 Å². The fraction of sp³-hybridized carbons (Fsp3) is 0.214. The minimum Gasteiger partial charge on any atom is -0.321 e. The molecule has 3 aromatic carbocycles. The van der Waals surface area contributed by atoms with Gasteiger partial charge < -0.3 is 15.2 Å². The lowest BCUT2D eigenvalue weighted by Gasteiger charge is -2.23. The molecule has 5 heteroatoms. The molecule has 1 aromatic heterocycles. The largest absolute Gasteiger partial charge is 0.322 e. The van der Waals surface area contributed by atoms with Gasteiger partial charge in [0, 0.05) is 17.8 Å². The SMILES string of the molecule is Cc1ccc(NC(=O)N(CCc2ccccc2)Cc2cc3ccc(C)c(C)c3[nH]c2=O)cc1. The molecule has 0 saturated heterocycles. The van der Waals surface area contributed by atoms with Crippen LogP contribution in [0.3, 0.4) is 0 Å². The number of H-pyrrole nitrogens is 1. The number of hydrogen-bond donors (Lipinski definition) is 2. The Labute approximate surface area is 194 Å². The Morgan fingerprint density at radius 3 is 2.39 bits per heavy atom. The Morgan fingerprint density at radius 1 is 0.939 bits per heavy atom. The van der Waals surface area contributed by atoms with Gasteiger partial charge in [0.1, 0.15) is 0 Å². The van der Waals surface area contributed by atoms with Gasteiger partial charge in [-0.25, -0.2) is 4.79 Å². The fourth-order valence-corrected chi connectivity index (χ4v) is 3.89. The Balaban J connectivity index is 1.61. The van der Waals surface area contributed by atoms with Crippen LogP contribution in [0.25, 0.3) is 10.9 Å². The Morgan fingerprint density at radius 2 is 1.67 bits per heavy atom. The van der Waals surface area contributed by atoms with Crippen LogP contribution in [0.15, 0.2) is 77.6 Å². The normalized spacial score (nSPS) is 10.9. The maximum Gasteiger partial charge on any atom is 0.322 e. The molecule has 4 rings (SSSR count). The number of hydrogen-bond acceptors (Lipinski definition) is 2. The van der Waals surface area contributed by atoms with Crippen LogP contribution < -0.4 is 10.9 Å². The van der Waals surface area contributed by atoms with Crippen LogP contribution in [0.4, 0.5) is 10.5 Å². The third kappa shape index (κ3) is 5.32. The van der Waals surface area contributed by atoms with Crippen molar-refractivity contribution < 1.29 is 4.79 Å². The molecule has 33 heavy (non-hydrogen) atoms. The number of amides is 2. The maximum atomic E-state index is 13.2. The van der Waals surface area contributed by atoms with E-state index < -0.39 is 0 Å². The summed E-state index contributed by atoms with van der Waals surface area (Å²) in [6, 6.07) is 23.5. The lowest BCUT2D eigenvalue weighted by molar-refractivity contribution is 0.209. The second kappa shape index (κ2) is 9.74. The van der Waals surface area contributed by atoms with Crippen molar-refractivity contribution in [2.75, 3.05) is 11.9 Å². The number of carbonyl (C=O) groups excluding carboxylic acids is 1. The molecule has 2 amide bonds. The van der Waals surface area contributed by atoms with Crippen molar-refractivity contribution in [2.24, 2.45) is 0 Å². The first kappa shape index (κ1) is 22.3. The number of aromatic amines is 1. The van der Waals surface area contributed by atoms with Gasteiger partial charge in [0.15, 0.2) is 0 Å². The number of nitrogens with zero attached hydrogens (tertiary/aromatic N) is 1. The van der Waals surface area contributed by atoms with Gasteiger partial charge in [0.2, 0.25) is 0 Å². The number of fused-ring (bicyclic) bond motifs is 1. The van der Waals surface area contributed by atoms with E-state index in [4.69, 9.17) is 0 Å². The summed E-state index contributed by atoms with van der Waals surface area (Å²) in [7, 11) is 0. The zero-order valence-corrected chi connectivity index (χ0v) is 19.3. The van der Waals surface area contributed by atoms with Crippen LogP contribution in [0, 0.1) is 20.8 Å². The van der Waals surface area contributed by atoms with E-state index in [-0.39, 0.29) is 18.1 Å². The monoisotopic (exact) mass is 439 g/mol. The highest BCUT2D eigenvalue weighted by Crippen LogP contribution is 2.20. The van der Waals surface area contributed by atoms with E-state index in [2.05, 4.69) is 16.4 Å². The van der Waals surface area contributed by atoms with Gasteiger partial charge in [0.25, 0.3) is 5.56 Å². The van der Waals surface area contributed by atoms with Gasteiger partial charge in [0.05, 0.1) is 12.1 Å². The highest BCUT2D eigenvalue weighted by atomic mass is 16.2. The summed E-state index contributed by atoms with van der Waals surface area (Å²) in [4.78, 5) is 30.8. The minimum absolute atomic E-state index is 0.163. The topological polar surface area (TPSA) is 65.2 Å². The van der Waals surface area contributed by atoms with Crippen molar-refractivity contribution in [3.05, 3.63) is 111 Å². The van der Waals surface area contributed by atoms with Crippen molar-refractivity contribution in [1.29, 1.82) is 0 Å². The summed E-state index contributed by atoms with van der Waals surface area (Å²) >= 11 is 0. The zero-order chi connectivity index (χ0) is 23.4. The lowest BCUT2D eigenvalue weighted by Crippen LogP contribution is -2.37. The smallest absolute Gasteiger partial charge is 0.321 e. The van der Waals surface area contributed by atoms with Gasteiger partial charge >= 0.3 is 6.03 Å². The van der Waals surface area contributed by atoms with Crippen molar-refractivity contribution >= 4 is 22.6 Å². The second-order valence-electron chi connectivity index (χ2n) is 8.55. The first-order valence-electron chi connectivity index (χ1n) is 11.2. The van der Waals surface area contributed by atoms with Gasteiger partial charge in [-0.2, -0.15) is 0 Å². The van der Waals surface area contributed by atoms with Crippen LogP contribution in [0.5, 0.6) is 0 Å². The zero-order valence-electron chi connectivity index (χ0n) is 19.3. The molecule has 168 valence electrons. The molecule has 0 fully saturated rings. The summed E-state index contributed by atoms with van der Waals surface area (Å²) in [5, 5.41) is 3.94. The lowest BCUT2D eigenvalue weighted by atomic mass is 10.0. The molecule has 0 atom stereocenters. The number of anilines is 1. The van der Waals surface area contributed by atoms with Gasteiger partial charge in [-0.15, -0.1) is 0 Å². The molecular weight excluding hydrogens is 410 g/mol. The van der Waals surface area contributed by atoms with Crippen LogP contribution in [0.1, 0.15) is 27.8 Å². The third-order valence-corrected chi connectivity index (χ3v) is 6.09. The number of carbonyl (C=O) groups is 1. The van der Waals surface area contributed by atoms with Crippen LogP contribution in [-0.2, 0) is 13.0 Å². The highest BCUT2D eigenvalue weighted by molar-refractivity contribution is 5.89. The predicted octanol–water partition coefficient (Wildman–Crippen LogP) is 5.73. The van der Waals surface area contributed by atoms with Gasteiger partial charge in [-0.3, -0.25) is 4.79 Å². The Kier molecular flexibility index (Phi) is 6.59. The maximum absolute atomic E-state index is 13.2. The van der Waals surface area contributed by atoms with Crippen LogP contribution in [-0.4, -0.2) is 22.5 Å². The number of nitrogens with one attached hydrogen (secondary N) is 2. The molecular formula is C28H29N3O2. The predicted molar refractivity (Wildman–Crippen MR) is 135 cm³/mol. The average molecular weight is 440 g/mol. The molecule has 0 radical (unpaired) electrons. The van der Waals surface area contributed by atoms with E-state index in [0.29, 0.717) is 18.5 Å². The Bertz CT molecular complexity index is 1330. The molecule has 5 nitrogen and oxygen atoms in total. The van der Waals surface area contributed by atoms with E-state index in [0.717, 1.165) is 38.8 Å². The molecule has 0 aliphatic carbocycles. The van der Waals surface area contributed by atoms with Crippen molar-refractivity contribution in [2.45, 2.75) is 33.7 Å². The minimum atomic E-state index is -0.227. The summed E-state index contributed by atoms with van der Waals surface area (Å²) in [6.07, 6.45) is 0.700. The number of aromatic nitrogens is 1. The summed E-state index contributed by atoms with van der Waals surface area (Å²) < 4.78 is 0. The first-order chi connectivity index (χ1) is 15.9. The van der Waals surface area contributed by atoms with E-state index in [1.165, 1.54) is 0 Å². The number of pyridine rings is 1. The van der Waals surface area contributed by atoms with Crippen LogP contribution >= 0.6 is 0 Å². The van der Waals surface area contributed by atoms with Crippen molar-refractivity contribution in [1.82, 2.24) is 9.88 Å². The number of urea groups is 1. The fourth-order valence-electron chi connectivity index (χ4n) is 3.89. The van der Waals surface area contributed by atoms with Gasteiger partial charge in [-0.1, -0.05) is 60.2 Å². The summed E-state index contributed by atoms with van der Waals surface area (Å²) in [6.45, 7) is 6.76. The Hall–Kier alpha value is -3.86. The molecule has 0 saturated carbocycles. The number of aryl methyl sites for hydroxylation is 3. The molecule has 4 aromatic rings. The summed E-state index contributed by atoms with van der Waals surface area (Å²) in [5.74, 6) is 0. The number of rotatable bonds is 6. The standard InChI is InChI=1S/C28H29N3O2/c1-19-9-13-25(14-10-19)29-28(33)31(16-15-22-7-5-4-6-8-22)18-24-17-23-12-11-20(2)21(3)26(23)30-27(24)32/h4-14,17H,15-16,18H2,1-3H3,(H,29,33)(H,30,32). The quantitative estimate of drug-likeness (QED) is 0.403.